The van der Waals surface area contributed by atoms with E-state index in [1.54, 1.807) is 49.6 Å². The van der Waals surface area contributed by atoms with Crippen molar-refractivity contribution in [3.63, 3.8) is 0 Å². The van der Waals surface area contributed by atoms with Crippen molar-refractivity contribution in [2.75, 3.05) is 12.9 Å². The summed E-state index contributed by atoms with van der Waals surface area (Å²) in [5.41, 5.74) is 1.80. The zero-order chi connectivity index (χ0) is 28.2. The molecule has 0 aromatic heterocycles. The average Bonchev–Trinajstić information content (AvgIpc) is 2.97. The maximum atomic E-state index is 13.5. The van der Waals surface area contributed by atoms with Gasteiger partial charge in [-0.2, -0.15) is 0 Å². The maximum Gasteiger partial charge on any atom is 0.356 e. The molecule has 2 atom stereocenters. The number of hydrogen-bond acceptors (Lipinski definition) is 7. The fourth-order valence-corrected chi connectivity index (χ4v) is 7.16. The predicted molar refractivity (Wildman–Crippen MR) is 157 cm³/mol. The van der Waals surface area contributed by atoms with Gasteiger partial charge in [-0.3, -0.25) is 14.5 Å². The van der Waals surface area contributed by atoms with E-state index in [-0.39, 0.29) is 30.5 Å². The van der Waals surface area contributed by atoms with Crippen LogP contribution in [-0.4, -0.2) is 47.0 Å². The Bertz CT molecular complexity index is 1470. The van der Waals surface area contributed by atoms with Gasteiger partial charge in [-0.1, -0.05) is 77.4 Å². The van der Waals surface area contributed by atoms with Crippen LogP contribution in [0.5, 0.6) is 5.75 Å². The van der Waals surface area contributed by atoms with Gasteiger partial charge < -0.3 is 14.8 Å². The molecule has 2 heterocycles. The number of nitrogens with zero attached hydrogens (tertiary/aromatic N) is 1. The van der Waals surface area contributed by atoms with Gasteiger partial charge in [0.1, 0.15) is 29.5 Å². The Kier molecular flexibility index (Phi) is 8.95. The van der Waals surface area contributed by atoms with E-state index < -0.39 is 17.4 Å². The van der Waals surface area contributed by atoms with Crippen molar-refractivity contribution < 1.29 is 23.9 Å². The molecular formula is C29H24Cl2N2O5S2. The molecule has 2 aliphatic rings. The number of carbonyl (C=O) groups is 3. The molecule has 11 heteroatoms. The molecule has 5 rings (SSSR count). The van der Waals surface area contributed by atoms with E-state index in [9.17, 15) is 14.4 Å². The summed E-state index contributed by atoms with van der Waals surface area (Å²) in [6.07, 6.45) is 0.160. The number of esters is 1. The number of thioether (sulfide) groups is 2. The number of β-lactam (4-membered cyclic amide) rings is 1. The van der Waals surface area contributed by atoms with Crippen LogP contribution >= 0.6 is 46.7 Å². The Morgan fingerprint density at radius 1 is 1.02 bits per heavy atom. The summed E-state index contributed by atoms with van der Waals surface area (Å²) in [4.78, 5) is 42.3. The first-order valence-electron chi connectivity index (χ1n) is 12.3. The molecule has 0 saturated carbocycles. The molecule has 0 unspecified atom stereocenters. The molecular weight excluding hydrogens is 591 g/mol. The standard InChI is InChI=1S/C29H24Cl2N2O5S2/c1-37-19-9-7-18(8-10-19)15-38-29(36)26-23(40-20-11-12-21(30)22(31)14-20)16-39-28-25(27(35)33(26)28)32-24(34)13-17-5-3-2-4-6-17/h2-12,14,25,28H,13,15-16H2,1H3,(H,32,34)/t25-,28+/m1/s1. The third-order valence-electron chi connectivity index (χ3n) is 6.31. The monoisotopic (exact) mass is 614 g/mol. The number of benzene rings is 3. The van der Waals surface area contributed by atoms with Gasteiger partial charge in [0.25, 0.3) is 5.91 Å². The molecule has 7 nitrogen and oxygen atoms in total. The summed E-state index contributed by atoms with van der Waals surface area (Å²) >= 11 is 15.1. The van der Waals surface area contributed by atoms with Gasteiger partial charge in [0.2, 0.25) is 5.91 Å². The molecule has 0 radical (unpaired) electrons. The number of nitrogens with one attached hydrogen (secondary N) is 1. The van der Waals surface area contributed by atoms with Crippen LogP contribution in [0, 0.1) is 0 Å². The summed E-state index contributed by atoms with van der Waals surface area (Å²) < 4.78 is 10.8. The normalized spacial score (nSPS) is 18.1. The van der Waals surface area contributed by atoms with E-state index in [1.807, 2.05) is 30.3 Å². The molecule has 206 valence electrons. The second kappa shape index (κ2) is 12.6. The average molecular weight is 616 g/mol. The van der Waals surface area contributed by atoms with Crippen LogP contribution in [0.1, 0.15) is 11.1 Å². The largest absolute Gasteiger partial charge is 0.497 e. The molecule has 40 heavy (non-hydrogen) atoms. The topological polar surface area (TPSA) is 84.9 Å². The van der Waals surface area contributed by atoms with Gasteiger partial charge in [-0.15, -0.1) is 11.8 Å². The molecule has 0 spiro atoms. The number of rotatable bonds is 9. The van der Waals surface area contributed by atoms with Crippen molar-refractivity contribution in [2.24, 2.45) is 0 Å². The first-order valence-corrected chi connectivity index (χ1v) is 14.9. The number of halogens is 2. The number of carbonyl (C=O) groups excluding carboxylic acids is 3. The van der Waals surface area contributed by atoms with Gasteiger partial charge >= 0.3 is 5.97 Å². The third-order valence-corrected chi connectivity index (χ3v) is 9.59. The van der Waals surface area contributed by atoms with E-state index in [2.05, 4.69) is 5.32 Å². The highest BCUT2D eigenvalue weighted by Crippen LogP contribution is 2.46. The molecule has 0 bridgehead atoms. The number of fused-ring (bicyclic) bond motifs is 1. The highest BCUT2D eigenvalue weighted by atomic mass is 35.5. The Morgan fingerprint density at radius 3 is 2.48 bits per heavy atom. The Morgan fingerprint density at radius 2 is 1.77 bits per heavy atom. The van der Waals surface area contributed by atoms with Gasteiger partial charge in [-0.25, -0.2) is 4.79 Å². The number of amides is 2. The van der Waals surface area contributed by atoms with Crippen molar-refractivity contribution in [1.82, 2.24) is 10.2 Å². The van der Waals surface area contributed by atoms with Crippen LogP contribution in [0.15, 0.2) is 88.3 Å². The van der Waals surface area contributed by atoms with Crippen LogP contribution in [0.25, 0.3) is 0 Å². The van der Waals surface area contributed by atoms with Crippen LogP contribution in [0.2, 0.25) is 10.0 Å². The van der Waals surface area contributed by atoms with Crippen molar-refractivity contribution in [2.45, 2.75) is 29.3 Å². The number of methoxy groups -OCH3 is 1. The number of hydrogen-bond donors (Lipinski definition) is 1. The highest BCUT2D eigenvalue weighted by molar-refractivity contribution is 8.06. The lowest BCUT2D eigenvalue weighted by molar-refractivity contribution is -0.153. The van der Waals surface area contributed by atoms with E-state index >= 15 is 0 Å². The van der Waals surface area contributed by atoms with Gasteiger partial charge in [0, 0.05) is 15.6 Å². The highest BCUT2D eigenvalue weighted by Gasteiger charge is 2.54. The van der Waals surface area contributed by atoms with Crippen molar-refractivity contribution in [1.29, 1.82) is 0 Å². The lowest BCUT2D eigenvalue weighted by Gasteiger charge is -2.49. The third kappa shape index (κ3) is 6.28. The fourth-order valence-electron chi connectivity index (χ4n) is 4.29. The SMILES string of the molecule is COc1ccc(COC(=O)C2=C(Sc3ccc(Cl)c(Cl)c3)CS[C@H]3[C@H](NC(=O)Cc4ccccc4)C(=O)N23)cc1. The minimum absolute atomic E-state index is 0.0220. The predicted octanol–water partition coefficient (Wildman–Crippen LogP) is 5.69. The lowest BCUT2D eigenvalue weighted by Crippen LogP contribution is -2.70. The Hall–Kier alpha value is -3.11. The van der Waals surface area contributed by atoms with Crippen molar-refractivity contribution in [3.05, 3.63) is 105 Å². The molecule has 2 aliphatic heterocycles. The maximum absolute atomic E-state index is 13.5. The van der Waals surface area contributed by atoms with Crippen molar-refractivity contribution >= 4 is 64.5 Å². The second-order valence-electron chi connectivity index (χ2n) is 8.99. The zero-order valence-electron chi connectivity index (χ0n) is 21.3. The molecule has 1 saturated heterocycles. The van der Waals surface area contributed by atoms with Crippen molar-refractivity contribution in [3.8, 4) is 5.75 Å². The molecule has 1 fully saturated rings. The summed E-state index contributed by atoms with van der Waals surface area (Å²) in [6, 6.07) is 20.9. The molecule has 0 aliphatic carbocycles. The first-order chi connectivity index (χ1) is 19.3. The first kappa shape index (κ1) is 28.4. The van der Waals surface area contributed by atoms with Crippen LogP contribution in [0.4, 0.5) is 0 Å². The summed E-state index contributed by atoms with van der Waals surface area (Å²) in [5, 5.41) is 3.23. The summed E-state index contributed by atoms with van der Waals surface area (Å²) in [7, 11) is 1.58. The Labute approximate surface area is 250 Å². The van der Waals surface area contributed by atoms with E-state index in [0.717, 1.165) is 16.0 Å². The molecule has 3 aromatic carbocycles. The second-order valence-corrected chi connectivity index (χ2v) is 12.1. The van der Waals surface area contributed by atoms with Crippen LogP contribution in [-0.2, 0) is 32.1 Å². The van der Waals surface area contributed by atoms with Gasteiger partial charge in [-0.05, 0) is 41.5 Å². The van der Waals surface area contributed by atoms with Crippen LogP contribution < -0.4 is 10.1 Å². The van der Waals surface area contributed by atoms with E-state index in [1.165, 1.54) is 28.4 Å². The fraction of sp³-hybridized carbons (Fsp3) is 0.207. The van der Waals surface area contributed by atoms with Crippen LogP contribution in [0.3, 0.4) is 0 Å². The summed E-state index contributed by atoms with van der Waals surface area (Å²) in [6.45, 7) is 0.0220. The van der Waals surface area contributed by atoms with E-state index in [0.29, 0.717) is 26.5 Å². The zero-order valence-corrected chi connectivity index (χ0v) is 24.4. The molecule has 1 N–H and O–H groups in total. The summed E-state index contributed by atoms with van der Waals surface area (Å²) in [5.74, 6) is -0.101. The minimum Gasteiger partial charge on any atom is -0.497 e. The molecule has 3 aromatic rings. The Balaban J connectivity index is 1.35. The molecule has 2 amide bonds. The van der Waals surface area contributed by atoms with E-state index in [4.69, 9.17) is 32.7 Å². The lowest BCUT2D eigenvalue weighted by atomic mass is 10.0. The minimum atomic E-state index is -0.734. The smallest absolute Gasteiger partial charge is 0.356 e. The number of ether oxygens (including phenoxy) is 2. The van der Waals surface area contributed by atoms with Gasteiger partial charge in [0.05, 0.1) is 23.6 Å². The quantitative estimate of drug-likeness (QED) is 0.245. The van der Waals surface area contributed by atoms with Gasteiger partial charge in [0.15, 0.2) is 0 Å².